The summed E-state index contributed by atoms with van der Waals surface area (Å²) in [5.74, 6) is 1.17. The molecule has 1 fully saturated rings. The second-order valence-corrected chi connectivity index (χ2v) is 7.69. The molecule has 1 heterocycles. The van der Waals surface area contributed by atoms with Crippen LogP contribution in [-0.2, 0) is 16.0 Å². The number of hydrogen-bond acceptors (Lipinski definition) is 4. The molecule has 0 aliphatic carbocycles. The van der Waals surface area contributed by atoms with Crippen molar-refractivity contribution < 1.29 is 19.1 Å². The number of nitrogens with zero attached hydrogens (tertiary/aromatic N) is 2. The summed E-state index contributed by atoms with van der Waals surface area (Å²) in [5.41, 5.74) is 0.670. The summed E-state index contributed by atoms with van der Waals surface area (Å²) in [7, 11) is 1.58. The van der Waals surface area contributed by atoms with Crippen LogP contribution in [0.2, 0.25) is 0 Å². The minimum Gasteiger partial charge on any atom is -0.493 e. The first-order chi connectivity index (χ1) is 12.8. The molecular weight excluding hydrogens is 344 g/mol. The number of amides is 2. The van der Waals surface area contributed by atoms with Gasteiger partial charge in [0.2, 0.25) is 5.91 Å². The van der Waals surface area contributed by atoms with E-state index < -0.39 is 5.41 Å². The molecule has 1 aromatic carbocycles. The summed E-state index contributed by atoms with van der Waals surface area (Å²) < 4.78 is 11.0. The highest BCUT2D eigenvalue weighted by molar-refractivity contribution is 5.82. The molecule has 2 rings (SSSR count). The van der Waals surface area contributed by atoms with E-state index in [1.165, 1.54) is 0 Å². The summed E-state index contributed by atoms with van der Waals surface area (Å²) in [6, 6.07) is 5.63. The van der Waals surface area contributed by atoms with Gasteiger partial charge in [-0.05, 0) is 24.1 Å². The summed E-state index contributed by atoms with van der Waals surface area (Å²) in [6.45, 7) is 11.6. The Morgan fingerprint density at radius 2 is 1.74 bits per heavy atom. The number of benzene rings is 1. The van der Waals surface area contributed by atoms with Crippen LogP contribution >= 0.6 is 0 Å². The highest BCUT2D eigenvalue weighted by atomic mass is 16.5. The Balaban J connectivity index is 1.88. The lowest BCUT2D eigenvalue weighted by molar-refractivity contribution is -0.145. The number of hydrogen-bond donors (Lipinski definition) is 0. The van der Waals surface area contributed by atoms with Crippen LogP contribution < -0.4 is 9.47 Å². The summed E-state index contributed by atoms with van der Waals surface area (Å²) >= 11 is 0. The van der Waals surface area contributed by atoms with Crippen molar-refractivity contribution in [3.63, 3.8) is 0 Å². The zero-order valence-corrected chi connectivity index (χ0v) is 16.8. The summed E-state index contributed by atoms with van der Waals surface area (Å²) in [5, 5.41) is 0. The molecule has 0 aromatic heterocycles. The monoisotopic (exact) mass is 374 g/mol. The largest absolute Gasteiger partial charge is 0.493 e. The van der Waals surface area contributed by atoms with Gasteiger partial charge in [0.05, 0.1) is 7.11 Å². The van der Waals surface area contributed by atoms with E-state index >= 15 is 0 Å². The number of methoxy groups -OCH3 is 1. The Labute approximate surface area is 161 Å². The highest BCUT2D eigenvalue weighted by Gasteiger charge is 2.30. The fourth-order valence-corrected chi connectivity index (χ4v) is 2.99. The average Bonchev–Trinajstić information content (AvgIpc) is 2.65. The van der Waals surface area contributed by atoms with E-state index in [1.54, 1.807) is 12.0 Å². The number of rotatable bonds is 6. The van der Waals surface area contributed by atoms with Gasteiger partial charge in [-0.15, -0.1) is 6.58 Å². The Hall–Kier alpha value is -2.50. The van der Waals surface area contributed by atoms with Gasteiger partial charge in [0.15, 0.2) is 18.1 Å². The van der Waals surface area contributed by atoms with Gasteiger partial charge in [-0.2, -0.15) is 0 Å². The third-order valence-corrected chi connectivity index (χ3v) is 4.52. The maximum absolute atomic E-state index is 12.5. The molecule has 1 aliphatic heterocycles. The van der Waals surface area contributed by atoms with Crippen molar-refractivity contribution in [1.29, 1.82) is 0 Å². The Morgan fingerprint density at radius 3 is 2.30 bits per heavy atom. The van der Waals surface area contributed by atoms with Crippen molar-refractivity contribution in [3.05, 3.63) is 36.4 Å². The SMILES string of the molecule is C=CCc1ccc(OCC(=O)N2CCN(C(=O)C(C)(C)C)CC2)c(OC)c1. The van der Waals surface area contributed by atoms with Gasteiger partial charge in [0, 0.05) is 31.6 Å². The number of ether oxygens (including phenoxy) is 2. The standard InChI is InChI=1S/C21H30N2O4/c1-6-7-16-8-9-17(18(14-16)26-5)27-15-19(24)22-10-12-23(13-11-22)20(25)21(2,3)4/h6,8-9,14H,1,7,10-13,15H2,2-5H3. The first-order valence-electron chi connectivity index (χ1n) is 9.24. The minimum absolute atomic E-state index is 0.0512. The van der Waals surface area contributed by atoms with E-state index in [-0.39, 0.29) is 18.4 Å². The van der Waals surface area contributed by atoms with Crippen molar-refractivity contribution in [1.82, 2.24) is 9.80 Å². The molecule has 148 valence electrons. The zero-order chi connectivity index (χ0) is 20.0. The van der Waals surface area contributed by atoms with Gasteiger partial charge < -0.3 is 19.3 Å². The smallest absolute Gasteiger partial charge is 0.260 e. The molecule has 1 saturated heterocycles. The molecular formula is C21H30N2O4. The average molecular weight is 374 g/mol. The van der Waals surface area contributed by atoms with Crippen molar-refractivity contribution in [3.8, 4) is 11.5 Å². The Kier molecular flexibility index (Phi) is 6.88. The van der Waals surface area contributed by atoms with Crippen LogP contribution in [-0.4, -0.2) is 61.5 Å². The van der Waals surface area contributed by atoms with E-state index in [2.05, 4.69) is 6.58 Å². The van der Waals surface area contributed by atoms with Crippen LogP contribution in [0.4, 0.5) is 0 Å². The molecule has 0 bridgehead atoms. The van der Waals surface area contributed by atoms with E-state index in [4.69, 9.17) is 9.47 Å². The third-order valence-electron chi connectivity index (χ3n) is 4.52. The zero-order valence-electron chi connectivity index (χ0n) is 16.8. The molecule has 0 saturated carbocycles. The summed E-state index contributed by atoms with van der Waals surface area (Å²) in [6.07, 6.45) is 2.57. The van der Waals surface area contributed by atoms with Gasteiger partial charge in [-0.1, -0.05) is 32.9 Å². The lowest BCUT2D eigenvalue weighted by Gasteiger charge is -2.37. The minimum atomic E-state index is -0.399. The van der Waals surface area contributed by atoms with Crippen LogP contribution in [0, 0.1) is 5.41 Å². The van der Waals surface area contributed by atoms with E-state index in [9.17, 15) is 9.59 Å². The molecule has 27 heavy (non-hydrogen) atoms. The van der Waals surface area contributed by atoms with Gasteiger partial charge in [-0.3, -0.25) is 9.59 Å². The first-order valence-corrected chi connectivity index (χ1v) is 9.24. The van der Waals surface area contributed by atoms with E-state index in [1.807, 2.05) is 49.9 Å². The highest BCUT2D eigenvalue weighted by Crippen LogP contribution is 2.28. The molecule has 0 unspecified atom stereocenters. The molecule has 0 N–H and O–H groups in total. The first kappa shape index (κ1) is 20.8. The topological polar surface area (TPSA) is 59.1 Å². The van der Waals surface area contributed by atoms with Crippen LogP contribution in [0.15, 0.2) is 30.9 Å². The lowest BCUT2D eigenvalue weighted by atomic mass is 9.94. The van der Waals surface area contributed by atoms with Crippen molar-refractivity contribution in [2.45, 2.75) is 27.2 Å². The van der Waals surface area contributed by atoms with E-state index in [0.29, 0.717) is 37.7 Å². The molecule has 6 heteroatoms. The predicted octanol–water partition coefficient (Wildman–Crippen LogP) is 2.52. The fraction of sp³-hybridized carbons (Fsp3) is 0.524. The van der Waals surface area contributed by atoms with Crippen LogP contribution in [0.3, 0.4) is 0 Å². The molecule has 0 spiro atoms. The quantitative estimate of drug-likeness (QED) is 0.718. The Bertz CT molecular complexity index is 686. The van der Waals surface area contributed by atoms with Gasteiger partial charge >= 0.3 is 0 Å². The molecule has 0 atom stereocenters. The number of allylic oxidation sites excluding steroid dienone is 1. The second kappa shape index (κ2) is 8.93. The normalized spacial score (nSPS) is 14.7. The van der Waals surface area contributed by atoms with Crippen LogP contribution in [0.25, 0.3) is 0 Å². The summed E-state index contributed by atoms with van der Waals surface area (Å²) in [4.78, 5) is 28.4. The maximum Gasteiger partial charge on any atom is 0.260 e. The second-order valence-electron chi connectivity index (χ2n) is 7.69. The van der Waals surface area contributed by atoms with Crippen LogP contribution in [0.5, 0.6) is 11.5 Å². The number of carbonyl (C=O) groups excluding carboxylic acids is 2. The van der Waals surface area contributed by atoms with Crippen LogP contribution in [0.1, 0.15) is 26.3 Å². The van der Waals surface area contributed by atoms with Crippen molar-refractivity contribution >= 4 is 11.8 Å². The molecule has 1 aromatic rings. The molecule has 1 aliphatic rings. The van der Waals surface area contributed by atoms with Crippen molar-refractivity contribution in [2.24, 2.45) is 5.41 Å². The predicted molar refractivity (Wildman–Crippen MR) is 105 cm³/mol. The lowest BCUT2D eigenvalue weighted by Crippen LogP contribution is -2.53. The maximum atomic E-state index is 12.5. The Morgan fingerprint density at radius 1 is 1.11 bits per heavy atom. The van der Waals surface area contributed by atoms with Gasteiger partial charge in [-0.25, -0.2) is 0 Å². The molecule has 0 radical (unpaired) electrons. The van der Waals surface area contributed by atoms with Gasteiger partial charge in [0.1, 0.15) is 0 Å². The number of carbonyl (C=O) groups is 2. The third kappa shape index (κ3) is 5.49. The van der Waals surface area contributed by atoms with Crippen molar-refractivity contribution in [2.75, 3.05) is 39.9 Å². The number of piperazine rings is 1. The van der Waals surface area contributed by atoms with E-state index in [0.717, 1.165) is 12.0 Å². The fourth-order valence-electron chi connectivity index (χ4n) is 2.99. The molecule has 6 nitrogen and oxygen atoms in total. The van der Waals surface area contributed by atoms with Gasteiger partial charge in [0.25, 0.3) is 5.91 Å². The molecule has 2 amide bonds.